The van der Waals surface area contributed by atoms with Crippen molar-refractivity contribution in [3.05, 3.63) is 34.9 Å². The molecule has 1 atom stereocenters. The lowest BCUT2D eigenvalue weighted by Crippen LogP contribution is -2.16. The molecule has 1 aromatic rings. The maximum atomic E-state index is 9.21. The molecule has 1 rings (SSSR count). The predicted octanol–water partition coefficient (Wildman–Crippen LogP) is 3.15. The fourth-order valence-electron chi connectivity index (χ4n) is 1.46. The Morgan fingerprint density at radius 3 is 2.43 bits per heavy atom. The van der Waals surface area contributed by atoms with Crippen molar-refractivity contribution in [1.29, 1.82) is 0 Å². The minimum atomic E-state index is 0.225. The highest BCUT2D eigenvalue weighted by Gasteiger charge is 2.13. The van der Waals surface area contributed by atoms with Crippen LogP contribution in [-0.4, -0.2) is 11.7 Å². The van der Waals surface area contributed by atoms with Gasteiger partial charge in [0.05, 0.1) is 0 Å². The number of hydrogen-bond donors (Lipinski definition) is 1. The van der Waals surface area contributed by atoms with Gasteiger partial charge in [-0.15, -0.1) is 0 Å². The van der Waals surface area contributed by atoms with Gasteiger partial charge in [-0.2, -0.15) is 0 Å². The van der Waals surface area contributed by atoms with E-state index in [0.717, 1.165) is 17.0 Å². The van der Waals surface area contributed by atoms with Crippen LogP contribution in [0, 0.1) is 11.8 Å². The van der Waals surface area contributed by atoms with Gasteiger partial charge >= 0.3 is 0 Å². The van der Waals surface area contributed by atoms with Crippen molar-refractivity contribution in [2.24, 2.45) is 11.8 Å². The molecule has 1 unspecified atom stereocenters. The summed E-state index contributed by atoms with van der Waals surface area (Å²) in [5, 5.41) is 10.0. The van der Waals surface area contributed by atoms with Crippen molar-refractivity contribution in [3.63, 3.8) is 0 Å². The summed E-state index contributed by atoms with van der Waals surface area (Å²) in [4.78, 5) is 0. The molecule has 0 heterocycles. The zero-order valence-electron chi connectivity index (χ0n) is 8.70. The maximum Gasteiger partial charge on any atom is 0.0464 e. The Morgan fingerprint density at radius 1 is 1.29 bits per heavy atom. The quantitative estimate of drug-likeness (QED) is 0.813. The SMILES string of the molecule is CC(C)C(CO)Cc1ccccc1Cl. The fourth-order valence-corrected chi connectivity index (χ4v) is 1.67. The summed E-state index contributed by atoms with van der Waals surface area (Å²) in [6, 6.07) is 7.82. The molecule has 0 saturated heterocycles. The molecule has 1 N–H and O–H groups in total. The van der Waals surface area contributed by atoms with Gasteiger partial charge in [-0.1, -0.05) is 43.6 Å². The lowest BCUT2D eigenvalue weighted by molar-refractivity contribution is 0.189. The second kappa shape index (κ2) is 5.38. The third-order valence-corrected chi connectivity index (χ3v) is 2.99. The van der Waals surface area contributed by atoms with Gasteiger partial charge in [0.1, 0.15) is 0 Å². The van der Waals surface area contributed by atoms with Crippen LogP contribution in [0.4, 0.5) is 0 Å². The summed E-state index contributed by atoms with van der Waals surface area (Å²) in [5.41, 5.74) is 1.13. The van der Waals surface area contributed by atoms with Crippen LogP contribution >= 0.6 is 11.6 Å². The molecule has 2 heteroatoms. The third kappa shape index (κ3) is 3.00. The first-order valence-corrected chi connectivity index (χ1v) is 5.37. The first-order valence-electron chi connectivity index (χ1n) is 4.99. The standard InChI is InChI=1S/C12H17ClO/c1-9(2)11(8-14)7-10-5-3-4-6-12(10)13/h3-6,9,11,14H,7-8H2,1-2H3. The van der Waals surface area contributed by atoms with E-state index in [1.54, 1.807) is 0 Å². The molecule has 14 heavy (non-hydrogen) atoms. The van der Waals surface area contributed by atoms with Crippen LogP contribution in [0.1, 0.15) is 19.4 Å². The molecule has 0 aliphatic rings. The van der Waals surface area contributed by atoms with E-state index in [0.29, 0.717) is 11.8 Å². The highest BCUT2D eigenvalue weighted by Crippen LogP contribution is 2.22. The Balaban J connectivity index is 2.72. The molecule has 0 saturated carbocycles. The van der Waals surface area contributed by atoms with E-state index in [4.69, 9.17) is 11.6 Å². The second-order valence-corrected chi connectivity index (χ2v) is 4.39. The Morgan fingerprint density at radius 2 is 1.93 bits per heavy atom. The van der Waals surface area contributed by atoms with Gasteiger partial charge in [0, 0.05) is 11.6 Å². The third-order valence-electron chi connectivity index (χ3n) is 2.62. The van der Waals surface area contributed by atoms with E-state index in [9.17, 15) is 5.11 Å². The van der Waals surface area contributed by atoms with Crippen LogP contribution < -0.4 is 0 Å². The van der Waals surface area contributed by atoms with Gasteiger partial charge < -0.3 is 5.11 Å². The van der Waals surface area contributed by atoms with Crippen molar-refractivity contribution in [3.8, 4) is 0 Å². The molecule has 1 aromatic carbocycles. The molecule has 0 aliphatic heterocycles. The lowest BCUT2D eigenvalue weighted by Gasteiger charge is -2.18. The van der Waals surface area contributed by atoms with Gasteiger partial charge in [-0.25, -0.2) is 0 Å². The zero-order valence-corrected chi connectivity index (χ0v) is 9.46. The smallest absolute Gasteiger partial charge is 0.0464 e. The van der Waals surface area contributed by atoms with Gasteiger partial charge in [-0.3, -0.25) is 0 Å². The van der Waals surface area contributed by atoms with Crippen LogP contribution in [0.5, 0.6) is 0 Å². The molecular formula is C12H17ClO. The zero-order chi connectivity index (χ0) is 10.6. The Bertz CT molecular complexity index is 283. The monoisotopic (exact) mass is 212 g/mol. The molecule has 0 radical (unpaired) electrons. The summed E-state index contributed by atoms with van der Waals surface area (Å²) in [5.74, 6) is 0.783. The van der Waals surface area contributed by atoms with Crippen LogP contribution in [0.25, 0.3) is 0 Å². The number of aliphatic hydroxyl groups excluding tert-OH is 1. The average molecular weight is 213 g/mol. The van der Waals surface area contributed by atoms with Crippen molar-refractivity contribution in [2.75, 3.05) is 6.61 Å². The van der Waals surface area contributed by atoms with Crippen LogP contribution in [0.3, 0.4) is 0 Å². The molecule has 1 nitrogen and oxygen atoms in total. The largest absolute Gasteiger partial charge is 0.396 e. The van der Waals surface area contributed by atoms with E-state index in [2.05, 4.69) is 13.8 Å². The maximum absolute atomic E-state index is 9.21. The molecule has 0 aromatic heterocycles. The Kier molecular flexibility index (Phi) is 4.43. The van der Waals surface area contributed by atoms with Crippen LogP contribution in [0.15, 0.2) is 24.3 Å². The van der Waals surface area contributed by atoms with Gasteiger partial charge in [0.2, 0.25) is 0 Å². The van der Waals surface area contributed by atoms with E-state index in [-0.39, 0.29) is 6.61 Å². The van der Waals surface area contributed by atoms with Gasteiger partial charge in [0.25, 0.3) is 0 Å². The molecule has 0 bridgehead atoms. The van der Waals surface area contributed by atoms with Crippen molar-refractivity contribution < 1.29 is 5.11 Å². The Hall–Kier alpha value is -0.530. The number of aliphatic hydroxyl groups is 1. The van der Waals surface area contributed by atoms with Crippen molar-refractivity contribution in [1.82, 2.24) is 0 Å². The molecular weight excluding hydrogens is 196 g/mol. The molecule has 0 amide bonds. The minimum Gasteiger partial charge on any atom is -0.396 e. The summed E-state index contributed by atoms with van der Waals surface area (Å²) < 4.78 is 0. The first kappa shape index (κ1) is 11.5. The fraction of sp³-hybridized carbons (Fsp3) is 0.500. The summed E-state index contributed by atoms with van der Waals surface area (Å²) in [6.45, 7) is 4.47. The van der Waals surface area contributed by atoms with Crippen LogP contribution in [-0.2, 0) is 6.42 Å². The number of benzene rings is 1. The summed E-state index contributed by atoms with van der Waals surface area (Å²) in [6.07, 6.45) is 0.855. The minimum absolute atomic E-state index is 0.225. The van der Waals surface area contributed by atoms with Crippen molar-refractivity contribution >= 4 is 11.6 Å². The first-order chi connectivity index (χ1) is 6.65. The average Bonchev–Trinajstić information content (AvgIpc) is 2.16. The highest BCUT2D eigenvalue weighted by molar-refractivity contribution is 6.31. The number of rotatable bonds is 4. The van der Waals surface area contributed by atoms with Gasteiger partial charge in [-0.05, 0) is 29.9 Å². The second-order valence-electron chi connectivity index (χ2n) is 3.98. The Labute approximate surface area is 90.7 Å². The van der Waals surface area contributed by atoms with E-state index < -0.39 is 0 Å². The molecule has 0 spiro atoms. The summed E-state index contributed by atoms with van der Waals surface area (Å²) >= 11 is 6.05. The van der Waals surface area contributed by atoms with E-state index >= 15 is 0 Å². The summed E-state index contributed by atoms with van der Waals surface area (Å²) in [7, 11) is 0. The van der Waals surface area contributed by atoms with Crippen LogP contribution in [0.2, 0.25) is 5.02 Å². The van der Waals surface area contributed by atoms with Crippen molar-refractivity contribution in [2.45, 2.75) is 20.3 Å². The number of halogens is 1. The molecule has 0 fully saturated rings. The topological polar surface area (TPSA) is 20.2 Å². The van der Waals surface area contributed by atoms with E-state index in [1.165, 1.54) is 0 Å². The van der Waals surface area contributed by atoms with E-state index in [1.807, 2.05) is 24.3 Å². The molecule has 78 valence electrons. The highest BCUT2D eigenvalue weighted by atomic mass is 35.5. The number of hydrogen-bond acceptors (Lipinski definition) is 1. The van der Waals surface area contributed by atoms with Gasteiger partial charge in [0.15, 0.2) is 0 Å². The predicted molar refractivity (Wildman–Crippen MR) is 60.6 cm³/mol. The molecule has 0 aliphatic carbocycles. The lowest BCUT2D eigenvalue weighted by atomic mass is 9.90. The normalized spacial score (nSPS) is 13.2.